The van der Waals surface area contributed by atoms with Crippen LogP contribution in [-0.2, 0) is 0 Å². The quantitative estimate of drug-likeness (QED) is 0.647. The molecule has 1 N–H and O–H groups in total. The van der Waals surface area contributed by atoms with E-state index in [0.717, 1.165) is 6.07 Å². The maximum Gasteiger partial charge on any atom is 0.364 e. The Bertz CT molecular complexity index is 508. The highest BCUT2D eigenvalue weighted by molar-refractivity contribution is 9.10. The molecule has 1 amide bonds. The number of likely N-dealkylation sites (tertiary alicyclic amines) is 1. The first-order valence-electron chi connectivity index (χ1n) is 5.26. The number of carbonyl (C=O) groups is 1. The van der Waals surface area contributed by atoms with Gasteiger partial charge in [-0.1, -0.05) is 0 Å². The fourth-order valence-electron chi connectivity index (χ4n) is 1.79. The van der Waals surface area contributed by atoms with Crippen LogP contribution in [0.1, 0.15) is 16.8 Å². The highest BCUT2D eigenvalue weighted by Gasteiger charge is 2.28. The summed E-state index contributed by atoms with van der Waals surface area (Å²) in [5.41, 5.74) is 0.186. The van der Waals surface area contributed by atoms with Gasteiger partial charge in [-0.15, -0.1) is 0 Å². The molecule has 8 heteroatoms. The molecule has 1 aromatic heterocycles. The van der Waals surface area contributed by atoms with Gasteiger partial charge in [-0.05, 0) is 32.3 Å². The van der Waals surface area contributed by atoms with Gasteiger partial charge < -0.3 is 20.1 Å². The van der Waals surface area contributed by atoms with E-state index in [1.165, 1.54) is 11.1 Å². The van der Waals surface area contributed by atoms with Gasteiger partial charge in [0.1, 0.15) is 0 Å². The van der Waals surface area contributed by atoms with Crippen molar-refractivity contribution in [1.82, 2.24) is 9.88 Å². The molecular formula is C10H10BrN3O4. The lowest BCUT2D eigenvalue weighted by molar-refractivity contribution is -0.389. The molecule has 2 rings (SSSR count). The number of rotatable bonds is 2. The number of pyridine rings is 1. The molecule has 96 valence electrons. The molecule has 0 aromatic carbocycles. The van der Waals surface area contributed by atoms with Crippen molar-refractivity contribution in [3.8, 4) is 0 Å². The number of β-amino-alcohol motifs (C(OH)–C–C–N with tert-alkyl or cyclic N) is 1. The Morgan fingerprint density at radius 3 is 2.94 bits per heavy atom. The molecule has 0 saturated carbocycles. The molecule has 2 heterocycles. The normalized spacial score (nSPS) is 19.0. The van der Waals surface area contributed by atoms with Gasteiger partial charge >= 0.3 is 5.82 Å². The van der Waals surface area contributed by atoms with E-state index in [1.54, 1.807) is 0 Å². The number of nitrogens with zero attached hydrogens (tertiary/aromatic N) is 3. The van der Waals surface area contributed by atoms with E-state index in [2.05, 4.69) is 20.9 Å². The number of amides is 1. The lowest BCUT2D eigenvalue weighted by Gasteiger charge is -2.15. The average molecular weight is 316 g/mol. The SMILES string of the molecule is O=C(c1cc([N+](=O)[O-])ncc1Br)N1CC[C@H](O)C1. The monoisotopic (exact) mass is 315 g/mol. The Balaban J connectivity index is 2.29. The number of hydrogen-bond acceptors (Lipinski definition) is 5. The smallest absolute Gasteiger partial charge is 0.364 e. The molecule has 1 saturated heterocycles. The maximum absolute atomic E-state index is 12.1. The Morgan fingerprint density at radius 2 is 2.39 bits per heavy atom. The summed E-state index contributed by atoms with van der Waals surface area (Å²) in [6, 6.07) is 1.14. The van der Waals surface area contributed by atoms with E-state index < -0.39 is 11.0 Å². The fraction of sp³-hybridized carbons (Fsp3) is 0.400. The van der Waals surface area contributed by atoms with Crippen LogP contribution in [0.3, 0.4) is 0 Å². The van der Waals surface area contributed by atoms with E-state index in [4.69, 9.17) is 0 Å². The summed E-state index contributed by atoms with van der Waals surface area (Å²) in [5.74, 6) is -0.717. The number of carbonyl (C=O) groups excluding carboxylic acids is 1. The van der Waals surface area contributed by atoms with Crippen molar-refractivity contribution >= 4 is 27.7 Å². The Labute approximate surface area is 111 Å². The molecular weight excluding hydrogens is 306 g/mol. The first kappa shape index (κ1) is 12.9. The molecule has 0 aliphatic carbocycles. The third kappa shape index (κ3) is 2.49. The predicted molar refractivity (Wildman–Crippen MR) is 65.1 cm³/mol. The molecule has 0 spiro atoms. The lowest BCUT2D eigenvalue weighted by atomic mass is 10.2. The molecule has 0 unspecified atom stereocenters. The third-order valence-electron chi connectivity index (χ3n) is 2.71. The minimum absolute atomic E-state index is 0.186. The van der Waals surface area contributed by atoms with Gasteiger partial charge in [0.05, 0.1) is 16.1 Å². The summed E-state index contributed by atoms with van der Waals surface area (Å²) in [4.78, 5) is 27.2. The number of aliphatic hydroxyl groups excluding tert-OH is 1. The summed E-state index contributed by atoms with van der Waals surface area (Å²) in [6.45, 7) is 0.698. The van der Waals surface area contributed by atoms with Crippen LogP contribution in [0.5, 0.6) is 0 Å². The Morgan fingerprint density at radius 1 is 1.67 bits per heavy atom. The maximum atomic E-state index is 12.1. The molecule has 1 aromatic rings. The molecule has 1 aliphatic rings. The minimum Gasteiger partial charge on any atom is -0.391 e. The van der Waals surface area contributed by atoms with Gasteiger partial charge in [0.25, 0.3) is 5.91 Å². The van der Waals surface area contributed by atoms with E-state index in [0.29, 0.717) is 17.4 Å². The number of aliphatic hydroxyl groups is 1. The van der Waals surface area contributed by atoms with Crippen LogP contribution in [-0.4, -0.2) is 45.0 Å². The van der Waals surface area contributed by atoms with Crippen LogP contribution < -0.4 is 0 Å². The van der Waals surface area contributed by atoms with Gasteiger partial charge in [-0.3, -0.25) is 4.79 Å². The van der Waals surface area contributed by atoms with Gasteiger partial charge in [-0.25, -0.2) is 0 Å². The zero-order valence-corrected chi connectivity index (χ0v) is 10.8. The average Bonchev–Trinajstić information content (AvgIpc) is 2.75. The van der Waals surface area contributed by atoms with Crippen molar-refractivity contribution in [2.45, 2.75) is 12.5 Å². The van der Waals surface area contributed by atoms with Gasteiger partial charge in [0.2, 0.25) is 0 Å². The molecule has 1 aliphatic heterocycles. The fourth-order valence-corrected chi connectivity index (χ4v) is 2.17. The van der Waals surface area contributed by atoms with Crippen LogP contribution >= 0.6 is 15.9 Å². The van der Waals surface area contributed by atoms with Gasteiger partial charge in [0, 0.05) is 19.2 Å². The van der Waals surface area contributed by atoms with Gasteiger partial charge in [-0.2, -0.15) is 0 Å². The highest BCUT2D eigenvalue weighted by atomic mass is 79.9. The molecule has 18 heavy (non-hydrogen) atoms. The van der Waals surface area contributed by atoms with E-state index in [1.807, 2.05) is 0 Å². The van der Waals surface area contributed by atoms with Crippen molar-refractivity contribution in [2.24, 2.45) is 0 Å². The lowest BCUT2D eigenvalue weighted by Crippen LogP contribution is -2.29. The minimum atomic E-state index is -0.651. The molecule has 7 nitrogen and oxygen atoms in total. The van der Waals surface area contributed by atoms with Crippen LogP contribution in [0, 0.1) is 10.1 Å². The van der Waals surface area contributed by atoms with Crippen LogP contribution in [0.4, 0.5) is 5.82 Å². The number of aromatic nitrogens is 1. The second-order valence-electron chi connectivity index (χ2n) is 3.97. The highest BCUT2D eigenvalue weighted by Crippen LogP contribution is 2.23. The van der Waals surface area contributed by atoms with Crippen molar-refractivity contribution in [2.75, 3.05) is 13.1 Å². The van der Waals surface area contributed by atoms with Crippen molar-refractivity contribution in [3.05, 3.63) is 32.4 Å². The Hall–Kier alpha value is -1.54. The largest absolute Gasteiger partial charge is 0.391 e. The number of hydrogen-bond donors (Lipinski definition) is 1. The Kier molecular flexibility index (Phi) is 3.58. The molecule has 1 fully saturated rings. The zero-order chi connectivity index (χ0) is 13.3. The first-order valence-corrected chi connectivity index (χ1v) is 6.05. The zero-order valence-electron chi connectivity index (χ0n) is 9.24. The second-order valence-corrected chi connectivity index (χ2v) is 4.83. The number of nitro groups is 1. The van der Waals surface area contributed by atoms with Crippen molar-refractivity contribution < 1.29 is 14.8 Å². The summed E-state index contributed by atoms with van der Waals surface area (Å²) in [6.07, 6.45) is 1.23. The van der Waals surface area contributed by atoms with E-state index in [9.17, 15) is 20.0 Å². The standard InChI is InChI=1S/C10H10BrN3O4/c11-8-4-12-9(14(17)18)3-7(8)10(16)13-2-1-6(15)5-13/h3-4,6,15H,1-2,5H2/t6-/m0/s1. The summed E-state index contributed by atoms with van der Waals surface area (Å²) < 4.78 is 0.402. The molecule has 0 bridgehead atoms. The summed E-state index contributed by atoms with van der Waals surface area (Å²) in [7, 11) is 0. The molecule has 0 radical (unpaired) electrons. The van der Waals surface area contributed by atoms with Crippen LogP contribution in [0.2, 0.25) is 0 Å². The predicted octanol–water partition coefficient (Wildman–Crippen LogP) is 0.959. The molecule has 1 atom stereocenters. The third-order valence-corrected chi connectivity index (χ3v) is 3.34. The van der Waals surface area contributed by atoms with Crippen molar-refractivity contribution in [3.63, 3.8) is 0 Å². The van der Waals surface area contributed by atoms with E-state index >= 15 is 0 Å². The van der Waals surface area contributed by atoms with Gasteiger partial charge in [0.15, 0.2) is 6.20 Å². The topological polar surface area (TPSA) is 96.6 Å². The summed E-state index contributed by atoms with van der Waals surface area (Å²) >= 11 is 3.15. The van der Waals surface area contributed by atoms with Crippen LogP contribution in [0.15, 0.2) is 16.7 Å². The summed E-state index contributed by atoms with van der Waals surface area (Å²) in [5, 5.41) is 20.0. The first-order chi connectivity index (χ1) is 8.49. The van der Waals surface area contributed by atoms with Crippen LogP contribution in [0.25, 0.3) is 0 Å². The van der Waals surface area contributed by atoms with E-state index in [-0.39, 0.29) is 23.8 Å². The van der Waals surface area contributed by atoms with Crippen molar-refractivity contribution in [1.29, 1.82) is 0 Å². The second kappa shape index (κ2) is 4.99. The number of halogens is 1.